The van der Waals surface area contributed by atoms with Crippen molar-refractivity contribution in [3.05, 3.63) is 58.9 Å². The average Bonchev–Trinajstić information content (AvgIpc) is 3.16. The van der Waals surface area contributed by atoms with E-state index in [0.29, 0.717) is 24.4 Å². The summed E-state index contributed by atoms with van der Waals surface area (Å²) in [5.74, 6) is 1.03. The average molecular weight is 424 g/mol. The van der Waals surface area contributed by atoms with E-state index in [9.17, 15) is 4.79 Å². The van der Waals surface area contributed by atoms with Gasteiger partial charge in [0.25, 0.3) is 0 Å². The van der Waals surface area contributed by atoms with Gasteiger partial charge in [-0.15, -0.1) is 0 Å². The number of carbonyl (C=O) groups excluding carboxylic acids is 1. The van der Waals surface area contributed by atoms with Gasteiger partial charge in [-0.05, 0) is 62.7 Å². The van der Waals surface area contributed by atoms with Gasteiger partial charge in [0.1, 0.15) is 5.82 Å². The summed E-state index contributed by atoms with van der Waals surface area (Å²) in [6.45, 7) is 2.19. The molecule has 0 atom stereocenters. The zero-order valence-electron chi connectivity index (χ0n) is 17.1. The molecule has 1 aliphatic carbocycles. The first-order valence-corrected chi connectivity index (χ1v) is 10.9. The molecule has 1 amide bonds. The molecule has 0 saturated heterocycles. The first-order chi connectivity index (χ1) is 14.5. The Bertz CT molecular complexity index is 1120. The molecule has 1 spiro atoms. The fourth-order valence-electron chi connectivity index (χ4n) is 5.06. The lowest BCUT2D eigenvalue weighted by atomic mass is 9.62. The number of aromatic nitrogens is 2. The highest BCUT2D eigenvalue weighted by Gasteiger charge is 2.57. The van der Waals surface area contributed by atoms with E-state index in [4.69, 9.17) is 22.3 Å². The van der Waals surface area contributed by atoms with Gasteiger partial charge in [0.05, 0.1) is 23.0 Å². The number of nitrogens with zero attached hydrogens (tertiary/aromatic N) is 3. The number of benzene rings is 2. The topological polar surface area (TPSA) is 76.2 Å². The van der Waals surface area contributed by atoms with Gasteiger partial charge in [0.15, 0.2) is 0 Å². The molecule has 3 N–H and O–H groups in total. The van der Waals surface area contributed by atoms with Crippen LogP contribution < -0.4 is 16.0 Å². The van der Waals surface area contributed by atoms with Gasteiger partial charge in [0, 0.05) is 23.3 Å². The number of halogens is 1. The molecule has 1 saturated carbocycles. The number of rotatable bonds is 6. The van der Waals surface area contributed by atoms with Crippen LogP contribution in [0.3, 0.4) is 0 Å². The zero-order valence-corrected chi connectivity index (χ0v) is 17.8. The Morgan fingerprint density at radius 3 is 2.83 bits per heavy atom. The van der Waals surface area contributed by atoms with E-state index >= 15 is 0 Å². The number of hydrogen-bond donors (Lipinski definition) is 2. The van der Waals surface area contributed by atoms with Crippen LogP contribution in [-0.2, 0) is 23.3 Å². The smallest absolute Gasteiger partial charge is 0.238 e. The molecule has 1 aliphatic heterocycles. The van der Waals surface area contributed by atoms with Gasteiger partial charge in [-0.1, -0.05) is 29.8 Å². The van der Waals surface area contributed by atoms with Crippen LogP contribution in [0, 0.1) is 0 Å². The van der Waals surface area contributed by atoms with Crippen molar-refractivity contribution in [1.29, 1.82) is 0 Å². The number of anilines is 1. The van der Waals surface area contributed by atoms with Crippen molar-refractivity contribution < 1.29 is 4.79 Å². The number of imidazole rings is 1. The highest BCUT2D eigenvalue weighted by molar-refractivity contribution is 6.31. The van der Waals surface area contributed by atoms with Crippen molar-refractivity contribution in [1.82, 2.24) is 14.9 Å². The fourth-order valence-corrected chi connectivity index (χ4v) is 5.23. The van der Waals surface area contributed by atoms with Crippen LogP contribution in [0.25, 0.3) is 11.0 Å². The van der Waals surface area contributed by atoms with E-state index in [-0.39, 0.29) is 11.9 Å². The van der Waals surface area contributed by atoms with Crippen molar-refractivity contribution in [2.24, 2.45) is 5.73 Å². The van der Waals surface area contributed by atoms with Gasteiger partial charge in [-0.3, -0.25) is 4.79 Å². The second-order valence-corrected chi connectivity index (χ2v) is 8.87. The van der Waals surface area contributed by atoms with Crippen LogP contribution in [0.5, 0.6) is 0 Å². The first-order valence-electron chi connectivity index (χ1n) is 10.5. The SMILES string of the molecule is CNCCCn1c(CN2C(=O)C3(CC(N)C3)c3ccccc32)nc2cc(Cl)ccc21. The number of amides is 1. The molecule has 1 fully saturated rings. The predicted molar refractivity (Wildman–Crippen MR) is 120 cm³/mol. The molecule has 2 aliphatic rings. The quantitative estimate of drug-likeness (QED) is 0.597. The van der Waals surface area contributed by atoms with Crippen LogP contribution >= 0.6 is 11.6 Å². The third-order valence-corrected chi connectivity index (χ3v) is 6.72. The van der Waals surface area contributed by atoms with E-state index < -0.39 is 5.41 Å². The van der Waals surface area contributed by atoms with Gasteiger partial charge in [-0.25, -0.2) is 4.98 Å². The van der Waals surface area contributed by atoms with Gasteiger partial charge >= 0.3 is 0 Å². The van der Waals surface area contributed by atoms with Gasteiger partial charge in [0.2, 0.25) is 5.91 Å². The maximum Gasteiger partial charge on any atom is 0.238 e. The molecule has 0 unspecified atom stereocenters. The monoisotopic (exact) mass is 423 g/mol. The minimum Gasteiger partial charge on any atom is -0.328 e. The van der Waals surface area contributed by atoms with Crippen molar-refractivity contribution in [2.75, 3.05) is 18.5 Å². The lowest BCUT2D eigenvalue weighted by molar-refractivity contribution is -0.126. The van der Waals surface area contributed by atoms with Gasteiger partial charge in [-0.2, -0.15) is 0 Å². The predicted octanol–water partition coefficient (Wildman–Crippen LogP) is 3.20. The highest BCUT2D eigenvalue weighted by Crippen LogP contribution is 2.53. The minimum absolute atomic E-state index is 0.0928. The van der Waals surface area contributed by atoms with E-state index in [1.165, 1.54) is 0 Å². The van der Waals surface area contributed by atoms with Crippen LogP contribution in [0.2, 0.25) is 5.02 Å². The Balaban J connectivity index is 1.54. The number of nitrogens with one attached hydrogen (secondary N) is 1. The molecule has 1 aromatic heterocycles. The summed E-state index contributed by atoms with van der Waals surface area (Å²) in [5, 5.41) is 3.86. The lowest BCUT2D eigenvalue weighted by Crippen LogP contribution is -2.54. The molecule has 30 heavy (non-hydrogen) atoms. The summed E-state index contributed by atoms with van der Waals surface area (Å²) < 4.78 is 2.22. The number of nitrogens with two attached hydrogens (primary N) is 1. The largest absolute Gasteiger partial charge is 0.328 e. The third-order valence-electron chi connectivity index (χ3n) is 6.48. The molecular formula is C23H26ClN5O. The van der Waals surface area contributed by atoms with E-state index in [0.717, 1.165) is 47.6 Å². The molecule has 7 heteroatoms. The van der Waals surface area contributed by atoms with Crippen molar-refractivity contribution >= 4 is 34.2 Å². The Hall–Kier alpha value is -2.41. The number of fused-ring (bicyclic) bond motifs is 3. The molecule has 156 valence electrons. The first kappa shape index (κ1) is 19.5. The van der Waals surface area contributed by atoms with Crippen LogP contribution in [0.1, 0.15) is 30.7 Å². The summed E-state index contributed by atoms with van der Waals surface area (Å²) in [7, 11) is 1.95. The standard InChI is InChI=1S/C23H26ClN5O/c1-26-9-4-10-28-20-8-7-15(24)11-18(20)27-21(28)14-29-19-6-3-2-5-17(19)23(22(29)30)12-16(25)13-23/h2-3,5-8,11,16,26H,4,9-10,12-14,25H2,1H3. The second-order valence-electron chi connectivity index (χ2n) is 8.43. The Morgan fingerprint density at radius 2 is 2.07 bits per heavy atom. The molecule has 2 heterocycles. The zero-order chi connectivity index (χ0) is 20.9. The second kappa shape index (κ2) is 7.38. The van der Waals surface area contributed by atoms with Crippen LogP contribution in [0.15, 0.2) is 42.5 Å². The molecule has 0 bridgehead atoms. The molecular weight excluding hydrogens is 398 g/mol. The summed E-state index contributed by atoms with van der Waals surface area (Å²) in [6, 6.07) is 14.0. The normalized spacial score (nSPS) is 22.7. The number of para-hydroxylation sites is 1. The van der Waals surface area contributed by atoms with Crippen molar-refractivity contribution in [2.45, 2.75) is 43.8 Å². The minimum atomic E-state index is -0.456. The van der Waals surface area contributed by atoms with E-state index in [2.05, 4.69) is 16.0 Å². The fraction of sp³-hybridized carbons (Fsp3) is 0.391. The van der Waals surface area contributed by atoms with Crippen LogP contribution in [-0.4, -0.2) is 35.1 Å². The Kier molecular flexibility index (Phi) is 4.81. The van der Waals surface area contributed by atoms with E-state index in [1.54, 1.807) is 0 Å². The summed E-state index contributed by atoms with van der Waals surface area (Å²) in [5.41, 5.74) is 9.65. The number of carbonyl (C=O) groups is 1. The highest BCUT2D eigenvalue weighted by atomic mass is 35.5. The number of hydrogen-bond acceptors (Lipinski definition) is 4. The molecule has 2 aromatic carbocycles. The molecule has 6 nitrogen and oxygen atoms in total. The Morgan fingerprint density at radius 1 is 1.27 bits per heavy atom. The lowest BCUT2D eigenvalue weighted by Gasteiger charge is -2.42. The maximum atomic E-state index is 13.6. The summed E-state index contributed by atoms with van der Waals surface area (Å²) >= 11 is 6.21. The molecule has 0 radical (unpaired) electrons. The van der Waals surface area contributed by atoms with Crippen molar-refractivity contribution in [3.8, 4) is 0 Å². The summed E-state index contributed by atoms with van der Waals surface area (Å²) in [6.07, 6.45) is 2.40. The van der Waals surface area contributed by atoms with Crippen molar-refractivity contribution in [3.63, 3.8) is 0 Å². The van der Waals surface area contributed by atoms with Gasteiger partial charge < -0.3 is 20.5 Å². The maximum absolute atomic E-state index is 13.6. The number of aryl methyl sites for hydroxylation is 1. The summed E-state index contributed by atoms with van der Waals surface area (Å²) in [4.78, 5) is 20.3. The molecule has 3 aromatic rings. The third kappa shape index (κ3) is 2.94. The van der Waals surface area contributed by atoms with Crippen LogP contribution in [0.4, 0.5) is 5.69 Å². The van der Waals surface area contributed by atoms with E-state index in [1.807, 2.05) is 48.3 Å². The molecule has 5 rings (SSSR count). The Labute approximate surface area is 181 Å².